The molecule has 0 bridgehead atoms. The van der Waals surface area contributed by atoms with Gasteiger partial charge in [-0.25, -0.2) is 0 Å². The number of benzene rings is 4. The van der Waals surface area contributed by atoms with Gasteiger partial charge >= 0.3 is 11.9 Å². The van der Waals surface area contributed by atoms with Gasteiger partial charge in [-0.3, -0.25) is 9.59 Å². The van der Waals surface area contributed by atoms with Gasteiger partial charge in [-0.05, 0) is 44.5 Å². The van der Waals surface area contributed by atoms with E-state index in [-0.39, 0.29) is 25.0 Å². The molecule has 0 heterocycles. The zero-order valence-electron chi connectivity index (χ0n) is 19.1. The highest BCUT2D eigenvalue weighted by molar-refractivity contribution is 5.91. The molecule has 2 aliphatic rings. The number of hydrogen-bond donors (Lipinski definition) is 0. The van der Waals surface area contributed by atoms with Gasteiger partial charge in [0.1, 0.15) is 19.6 Å². The van der Waals surface area contributed by atoms with Crippen LogP contribution in [0.2, 0.25) is 0 Å². The Morgan fingerprint density at radius 1 is 0.486 bits per heavy atom. The van der Waals surface area contributed by atoms with Crippen LogP contribution in [0.1, 0.15) is 40.5 Å². The van der Waals surface area contributed by atoms with Crippen LogP contribution in [0.3, 0.4) is 0 Å². The van der Waals surface area contributed by atoms with Crippen LogP contribution >= 0.6 is 0 Å². The molecule has 0 atom stereocenters. The molecule has 2 aliphatic carbocycles. The van der Waals surface area contributed by atoms with E-state index in [9.17, 15) is 9.59 Å². The van der Waals surface area contributed by atoms with Gasteiger partial charge in [0.25, 0.3) is 0 Å². The topological polar surface area (TPSA) is 52.6 Å². The quantitative estimate of drug-likeness (QED) is 0.258. The molecule has 4 aromatic carbocycles. The maximum Gasteiger partial charge on any atom is 0.317 e. The predicted octanol–water partition coefficient (Wildman–Crippen LogP) is 6.09. The van der Waals surface area contributed by atoms with Crippen LogP contribution in [-0.4, -0.2) is 25.2 Å². The summed E-state index contributed by atoms with van der Waals surface area (Å²) in [6, 6.07) is 32.7. The molecule has 35 heavy (non-hydrogen) atoms. The molecule has 172 valence electrons. The molecule has 6 rings (SSSR count). The summed E-state index contributed by atoms with van der Waals surface area (Å²) in [5, 5.41) is 0. The second-order valence-electron chi connectivity index (χ2n) is 9.00. The van der Waals surface area contributed by atoms with E-state index in [1.54, 1.807) is 0 Å². The highest BCUT2D eigenvalue weighted by Crippen LogP contribution is 2.45. The van der Waals surface area contributed by atoms with E-state index in [4.69, 9.17) is 9.47 Å². The molecule has 0 aromatic heterocycles. The normalized spacial score (nSPS) is 13.5. The van der Waals surface area contributed by atoms with E-state index in [2.05, 4.69) is 48.5 Å². The SMILES string of the molecule is O=C(CC(=O)OCC1c2ccccc2-c2ccccc21)OCC1c2ccccc2-c2ccccc21. The van der Waals surface area contributed by atoms with Crippen molar-refractivity contribution in [2.24, 2.45) is 0 Å². The highest BCUT2D eigenvalue weighted by atomic mass is 16.6. The monoisotopic (exact) mass is 460 g/mol. The van der Waals surface area contributed by atoms with E-state index >= 15 is 0 Å². The van der Waals surface area contributed by atoms with Crippen LogP contribution in [-0.2, 0) is 19.1 Å². The summed E-state index contributed by atoms with van der Waals surface area (Å²) in [6.45, 7) is 0.396. The van der Waals surface area contributed by atoms with Gasteiger partial charge in [-0.15, -0.1) is 0 Å². The zero-order valence-corrected chi connectivity index (χ0v) is 19.1. The second-order valence-corrected chi connectivity index (χ2v) is 9.00. The van der Waals surface area contributed by atoms with E-state index in [0.717, 1.165) is 22.3 Å². The summed E-state index contributed by atoms with van der Waals surface area (Å²) in [4.78, 5) is 25.0. The van der Waals surface area contributed by atoms with Crippen LogP contribution in [0.4, 0.5) is 0 Å². The van der Waals surface area contributed by atoms with E-state index < -0.39 is 18.4 Å². The number of carbonyl (C=O) groups excluding carboxylic acids is 2. The van der Waals surface area contributed by atoms with Gasteiger partial charge in [0.2, 0.25) is 0 Å². The lowest BCUT2D eigenvalue weighted by molar-refractivity contribution is -0.154. The first-order chi connectivity index (χ1) is 17.2. The molecule has 0 radical (unpaired) electrons. The van der Waals surface area contributed by atoms with E-state index in [1.165, 1.54) is 22.3 Å². The molecule has 4 heteroatoms. The van der Waals surface area contributed by atoms with E-state index in [1.807, 2.05) is 48.5 Å². The maximum absolute atomic E-state index is 12.5. The predicted molar refractivity (Wildman–Crippen MR) is 134 cm³/mol. The third kappa shape index (κ3) is 3.81. The lowest BCUT2D eigenvalue weighted by Crippen LogP contribution is -2.19. The Hall–Kier alpha value is -4.18. The van der Waals surface area contributed by atoms with Crippen molar-refractivity contribution in [3.8, 4) is 22.3 Å². The van der Waals surface area contributed by atoms with Crippen molar-refractivity contribution in [2.45, 2.75) is 18.3 Å². The molecule has 0 amide bonds. The molecule has 4 aromatic rings. The molecule has 0 spiro atoms. The third-order valence-electron chi connectivity index (χ3n) is 7.04. The molecular formula is C31H24O4. The highest BCUT2D eigenvalue weighted by Gasteiger charge is 2.31. The molecule has 0 saturated carbocycles. The van der Waals surface area contributed by atoms with Gasteiger partial charge in [0.05, 0.1) is 0 Å². The number of ether oxygens (including phenoxy) is 2. The third-order valence-corrected chi connectivity index (χ3v) is 7.04. The number of fused-ring (bicyclic) bond motifs is 6. The van der Waals surface area contributed by atoms with Crippen LogP contribution in [0.5, 0.6) is 0 Å². The summed E-state index contributed by atoms with van der Waals surface area (Å²) >= 11 is 0. The summed E-state index contributed by atoms with van der Waals surface area (Å²) in [6.07, 6.45) is -0.397. The van der Waals surface area contributed by atoms with Crippen molar-refractivity contribution in [3.05, 3.63) is 119 Å². The fraction of sp³-hybridized carbons (Fsp3) is 0.161. The fourth-order valence-electron chi connectivity index (χ4n) is 5.45. The summed E-state index contributed by atoms with van der Waals surface area (Å²) < 4.78 is 11.1. The molecule has 0 fully saturated rings. The Morgan fingerprint density at radius 3 is 1.09 bits per heavy atom. The first-order valence-corrected chi connectivity index (χ1v) is 11.9. The lowest BCUT2D eigenvalue weighted by Gasteiger charge is -2.15. The van der Waals surface area contributed by atoms with Gasteiger partial charge < -0.3 is 9.47 Å². The van der Waals surface area contributed by atoms with Gasteiger partial charge in [-0.1, -0.05) is 97.1 Å². The Kier molecular flexibility index (Phi) is 5.42. The molecule has 4 nitrogen and oxygen atoms in total. The minimum Gasteiger partial charge on any atom is -0.464 e. The first kappa shape index (κ1) is 21.4. The van der Waals surface area contributed by atoms with Crippen LogP contribution in [0.25, 0.3) is 22.3 Å². The Bertz CT molecular complexity index is 1240. The molecule has 0 aliphatic heterocycles. The largest absolute Gasteiger partial charge is 0.464 e. The lowest BCUT2D eigenvalue weighted by atomic mass is 9.98. The number of rotatable bonds is 6. The average molecular weight is 461 g/mol. The number of carbonyl (C=O) groups is 2. The van der Waals surface area contributed by atoms with Crippen molar-refractivity contribution >= 4 is 11.9 Å². The summed E-state index contributed by atoms with van der Waals surface area (Å²) in [5.41, 5.74) is 9.23. The van der Waals surface area contributed by atoms with Crippen LogP contribution in [0, 0.1) is 0 Å². The van der Waals surface area contributed by atoms with Gasteiger partial charge in [0.15, 0.2) is 0 Å². The van der Waals surface area contributed by atoms with Gasteiger partial charge in [-0.2, -0.15) is 0 Å². The van der Waals surface area contributed by atoms with E-state index in [0.29, 0.717) is 0 Å². The van der Waals surface area contributed by atoms with Crippen molar-refractivity contribution in [1.82, 2.24) is 0 Å². The Balaban J connectivity index is 1.08. The minimum absolute atomic E-state index is 0.0335. The Labute approximate surface area is 204 Å². The molecule has 0 N–H and O–H groups in total. The molecular weight excluding hydrogens is 436 g/mol. The second kappa shape index (κ2) is 8.88. The van der Waals surface area contributed by atoms with Crippen LogP contribution in [0.15, 0.2) is 97.1 Å². The number of esters is 2. The van der Waals surface area contributed by atoms with Crippen LogP contribution < -0.4 is 0 Å². The standard InChI is InChI=1S/C31H24O4/c32-30(34-18-28-24-13-5-1-9-20(24)21-10-2-6-14-25(21)28)17-31(33)35-19-29-26-15-7-3-11-22(26)23-12-4-8-16-27(23)29/h1-16,28-29H,17-19H2. The zero-order chi connectivity index (χ0) is 23.8. The van der Waals surface area contributed by atoms with Crippen molar-refractivity contribution in [2.75, 3.05) is 13.2 Å². The fourth-order valence-corrected chi connectivity index (χ4v) is 5.45. The minimum atomic E-state index is -0.566. The smallest absolute Gasteiger partial charge is 0.317 e. The van der Waals surface area contributed by atoms with Crippen molar-refractivity contribution in [3.63, 3.8) is 0 Å². The summed E-state index contributed by atoms with van der Waals surface area (Å²) in [7, 11) is 0. The first-order valence-electron chi connectivity index (χ1n) is 11.9. The summed E-state index contributed by atoms with van der Waals surface area (Å²) in [5.74, 6) is -1.20. The Morgan fingerprint density at radius 2 is 0.771 bits per heavy atom. The van der Waals surface area contributed by atoms with Crippen molar-refractivity contribution < 1.29 is 19.1 Å². The molecule has 0 unspecified atom stereocenters. The average Bonchev–Trinajstić information content (AvgIpc) is 3.39. The van der Waals surface area contributed by atoms with Crippen molar-refractivity contribution in [1.29, 1.82) is 0 Å². The maximum atomic E-state index is 12.5. The van der Waals surface area contributed by atoms with Gasteiger partial charge in [0, 0.05) is 11.8 Å². The number of hydrogen-bond acceptors (Lipinski definition) is 4. The molecule has 0 saturated heterocycles.